The summed E-state index contributed by atoms with van der Waals surface area (Å²) in [7, 11) is 7.17. The van der Waals surface area contributed by atoms with E-state index in [0.717, 1.165) is 6.42 Å². The first-order chi connectivity index (χ1) is 4.24. The lowest BCUT2D eigenvalue weighted by atomic mass is 9.96. The predicted molar refractivity (Wildman–Crippen MR) is 35.5 cm³/mol. The highest BCUT2D eigenvalue weighted by Crippen LogP contribution is 2.19. The Labute approximate surface area is 56.9 Å². The molecule has 9 heavy (non-hydrogen) atoms. The second kappa shape index (κ2) is 2.71. The van der Waals surface area contributed by atoms with Gasteiger partial charge in [0.2, 0.25) is 0 Å². The molecule has 0 saturated carbocycles. The average Bonchev–Trinajstić information content (AvgIpc) is 2.10. The molecular formula is C6H11BO2. The summed E-state index contributed by atoms with van der Waals surface area (Å²) in [4.78, 5) is 0. The van der Waals surface area contributed by atoms with E-state index in [1.807, 2.05) is 6.92 Å². The Morgan fingerprint density at radius 2 is 2.33 bits per heavy atom. The molecule has 3 atom stereocenters. The molecule has 3 heteroatoms. The van der Waals surface area contributed by atoms with Gasteiger partial charge in [-0.05, 0) is 13.3 Å². The minimum absolute atomic E-state index is 0.120. The van der Waals surface area contributed by atoms with E-state index in [1.165, 1.54) is 0 Å². The molecule has 1 saturated heterocycles. The molecule has 2 nitrogen and oxygen atoms in total. The summed E-state index contributed by atoms with van der Waals surface area (Å²) in [6.45, 7) is 1.97. The zero-order valence-corrected chi connectivity index (χ0v) is 5.83. The monoisotopic (exact) mass is 126 g/mol. The van der Waals surface area contributed by atoms with Gasteiger partial charge in [-0.2, -0.15) is 0 Å². The predicted octanol–water partition coefficient (Wildman–Crippen LogP) is 0.305. The Bertz CT molecular complexity index is 97.1. The van der Waals surface area contributed by atoms with Crippen molar-refractivity contribution < 1.29 is 9.47 Å². The number of methoxy groups -OCH3 is 1. The van der Waals surface area contributed by atoms with Crippen LogP contribution in [0.4, 0.5) is 0 Å². The van der Waals surface area contributed by atoms with Crippen LogP contribution in [0.15, 0.2) is 0 Å². The fourth-order valence-corrected chi connectivity index (χ4v) is 1.13. The molecule has 0 aromatic carbocycles. The number of hydrogen-bond acceptors (Lipinski definition) is 2. The second-order valence-electron chi connectivity index (χ2n) is 2.39. The van der Waals surface area contributed by atoms with Gasteiger partial charge in [0.15, 0.2) is 0 Å². The van der Waals surface area contributed by atoms with Crippen LogP contribution >= 0.6 is 0 Å². The normalized spacial score (nSPS) is 43.6. The standard InChI is InChI=1S/C6H11BO2/c1-4-5(8-2)3-6(7)9-4/h4-6H,3H2,1-2H3. The Hall–Kier alpha value is -0.0151. The van der Waals surface area contributed by atoms with Crippen molar-refractivity contribution in [2.75, 3.05) is 7.11 Å². The summed E-state index contributed by atoms with van der Waals surface area (Å²) in [5.74, 6) is 0. The summed E-state index contributed by atoms with van der Waals surface area (Å²) in [5, 5.41) is 0. The second-order valence-corrected chi connectivity index (χ2v) is 2.39. The average molecular weight is 126 g/mol. The first kappa shape index (κ1) is 7.10. The fourth-order valence-electron chi connectivity index (χ4n) is 1.13. The largest absolute Gasteiger partial charge is 0.382 e. The van der Waals surface area contributed by atoms with Crippen LogP contribution in [0, 0.1) is 0 Å². The number of rotatable bonds is 1. The topological polar surface area (TPSA) is 18.5 Å². The maximum atomic E-state index is 5.49. The molecule has 1 aliphatic heterocycles. The van der Waals surface area contributed by atoms with Gasteiger partial charge < -0.3 is 9.47 Å². The molecule has 3 unspecified atom stereocenters. The Morgan fingerprint density at radius 1 is 1.67 bits per heavy atom. The fraction of sp³-hybridized carbons (Fsp3) is 1.00. The summed E-state index contributed by atoms with van der Waals surface area (Å²) in [5.41, 5.74) is 0. The van der Waals surface area contributed by atoms with Crippen LogP contribution in [0.25, 0.3) is 0 Å². The van der Waals surface area contributed by atoms with Gasteiger partial charge in [0.05, 0.1) is 12.2 Å². The van der Waals surface area contributed by atoms with Gasteiger partial charge in [0, 0.05) is 13.1 Å². The van der Waals surface area contributed by atoms with E-state index < -0.39 is 0 Å². The van der Waals surface area contributed by atoms with E-state index in [4.69, 9.17) is 17.3 Å². The van der Waals surface area contributed by atoms with Gasteiger partial charge >= 0.3 is 0 Å². The first-order valence-electron chi connectivity index (χ1n) is 3.18. The lowest BCUT2D eigenvalue weighted by molar-refractivity contribution is 0.0211. The van der Waals surface area contributed by atoms with Crippen LogP contribution in [0.2, 0.25) is 0 Å². The summed E-state index contributed by atoms with van der Waals surface area (Å²) in [6.07, 6.45) is 1.17. The molecule has 0 N–H and O–H groups in total. The summed E-state index contributed by atoms with van der Waals surface area (Å²) < 4.78 is 10.3. The molecule has 0 aromatic heterocycles. The van der Waals surface area contributed by atoms with E-state index in [-0.39, 0.29) is 18.2 Å². The van der Waals surface area contributed by atoms with Gasteiger partial charge in [-0.1, -0.05) is 0 Å². The number of ether oxygens (including phenoxy) is 2. The van der Waals surface area contributed by atoms with Crippen LogP contribution in [-0.4, -0.2) is 33.2 Å². The van der Waals surface area contributed by atoms with Crippen molar-refractivity contribution in [2.24, 2.45) is 0 Å². The minimum Gasteiger partial charge on any atom is -0.382 e. The van der Waals surface area contributed by atoms with Gasteiger partial charge in [-0.15, -0.1) is 0 Å². The molecule has 0 aliphatic carbocycles. The van der Waals surface area contributed by atoms with Crippen molar-refractivity contribution in [3.8, 4) is 0 Å². The van der Waals surface area contributed by atoms with E-state index in [0.29, 0.717) is 0 Å². The molecule has 0 bridgehead atoms. The molecule has 50 valence electrons. The van der Waals surface area contributed by atoms with Gasteiger partial charge in [-0.3, -0.25) is 0 Å². The minimum atomic E-state index is -0.120. The Morgan fingerprint density at radius 3 is 2.56 bits per heavy atom. The van der Waals surface area contributed by atoms with Crippen molar-refractivity contribution in [2.45, 2.75) is 31.6 Å². The van der Waals surface area contributed by atoms with Gasteiger partial charge in [0.25, 0.3) is 0 Å². The molecule has 1 rings (SSSR count). The first-order valence-corrected chi connectivity index (χ1v) is 3.18. The van der Waals surface area contributed by atoms with E-state index in [2.05, 4.69) is 0 Å². The van der Waals surface area contributed by atoms with Crippen molar-refractivity contribution in [1.82, 2.24) is 0 Å². The van der Waals surface area contributed by atoms with E-state index in [9.17, 15) is 0 Å². The molecule has 0 spiro atoms. The molecule has 0 aromatic rings. The van der Waals surface area contributed by atoms with Crippen LogP contribution in [0.5, 0.6) is 0 Å². The van der Waals surface area contributed by atoms with Crippen molar-refractivity contribution >= 4 is 7.85 Å². The maximum Gasteiger partial charge on any atom is 0.109 e. The van der Waals surface area contributed by atoms with Crippen LogP contribution in [0.3, 0.4) is 0 Å². The molecule has 1 fully saturated rings. The molecular weight excluding hydrogens is 115 g/mol. The third-order valence-electron chi connectivity index (χ3n) is 1.68. The SMILES string of the molecule is [B]C1CC(OC)C(C)O1. The third kappa shape index (κ3) is 1.46. The zero-order chi connectivity index (χ0) is 6.85. The summed E-state index contributed by atoms with van der Waals surface area (Å²) >= 11 is 0. The zero-order valence-electron chi connectivity index (χ0n) is 5.83. The smallest absolute Gasteiger partial charge is 0.109 e. The Kier molecular flexibility index (Phi) is 2.14. The quantitative estimate of drug-likeness (QED) is 0.470. The maximum absolute atomic E-state index is 5.49. The highest BCUT2D eigenvalue weighted by atomic mass is 16.6. The molecule has 2 radical (unpaired) electrons. The lowest BCUT2D eigenvalue weighted by Gasteiger charge is -2.10. The number of hydrogen-bond donors (Lipinski definition) is 0. The third-order valence-corrected chi connectivity index (χ3v) is 1.68. The highest BCUT2D eigenvalue weighted by Gasteiger charge is 2.28. The Balaban J connectivity index is 2.38. The molecule has 0 amide bonds. The van der Waals surface area contributed by atoms with E-state index in [1.54, 1.807) is 7.11 Å². The van der Waals surface area contributed by atoms with Crippen LogP contribution in [-0.2, 0) is 9.47 Å². The molecule has 1 heterocycles. The highest BCUT2D eigenvalue weighted by molar-refractivity contribution is 6.11. The molecule has 1 aliphatic rings. The lowest BCUT2D eigenvalue weighted by Crippen LogP contribution is -2.18. The van der Waals surface area contributed by atoms with Crippen molar-refractivity contribution in [3.63, 3.8) is 0 Å². The summed E-state index contributed by atoms with van der Waals surface area (Å²) in [6, 6.07) is -0.120. The van der Waals surface area contributed by atoms with Crippen LogP contribution < -0.4 is 0 Å². The van der Waals surface area contributed by atoms with Gasteiger partial charge in [0.1, 0.15) is 7.85 Å². The van der Waals surface area contributed by atoms with Crippen molar-refractivity contribution in [1.29, 1.82) is 0 Å². The van der Waals surface area contributed by atoms with Crippen molar-refractivity contribution in [3.05, 3.63) is 0 Å². The van der Waals surface area contributed by atoms with E-state index >= 15 is 0 Å². The van der Waals surface area contributed by atoms with Crippen LogP contribution in [0.1, 0.15) is 13.3 Å². The van der Waals surface area contributed by atoms with Gasteiger partial charge in [-0.25, -0.2) is 0 Å².